The van der Waals surface area contributed by atoms with Crippen LogP contribution in [0.3, 0.4) is 0 Å². The molecule has 0 saturated heterocycles. The molecule has 0 unspecified atom stereocenters. The molecule has 0 fully saturated rings. The fourth-order valence-corrected chi connectivity index (χ4v) is 2.82. The van der Waals surface area contributed by atoms with Crippen molar-refractivity contribution in [1.29, 1.82) is 0 Å². The third kappa shape index (κ3) is 5.19. The number of unbranched alkanes of at least 4 members (excludes halogenated alkanes) is 1. The second-order valence-electron chi connectivity index (χ2n) is 6.86. The van der Waals surface area contributed by atoms with Crippen LogP contribution in [0.5, 0.6) is 5.75 Å². The summed E-state index contributed by atoms with van der Waals surface area (Å²) in [6.45, 7) is 6.32. The Labute approximate surface area is 154 Å². The molecular weight excluding hydrogens is 328 g/mol. The molecule has 0 spiro atoms. The summed E-state index contributed by atoms with van der Waals surface area (Å²) in [4.78, 5) is 23.7. The molecule has 0 heterocycles. The van der Waals surface area contributed by atoms with E-state index in [1.807, 2.05) is 31.2 Å². The van der Waals surface area contributed by atoms with Gasteiger partial charge in [0.05, 0.1) is 0 Å². The number of carbonyl (C=O) groups excluding carboxylic acids is 1. The van der Waals surface area contributed by atoms with Crippen LogP contribution in [0.15, 0.2) is 42.5 Å². The van der Waals surface area contributed by atoms with Gasteiger partial charge in [0, 0.05) is 12.0 Å². The highest BCUT2D eigenvalue weighted by atomic mass is 16.5. The highest BCUT2D eigenvalue weighted by molar-refractivity contribution is 5.95. The molecule has 0 atom stereocenters. The monoisotopic (exact) mass is 354 g/mol. The molecule has 26 heavy (non-hydrogen) atoms. The van der Waals surface area contributed by atoms with Crippen LogP contribution in [0.1, 0.15) is 56.0 Å². The fourth-order valence-electron chi connectivity index (χ4n) is 2.82. The Balaban J connectivity index is 2.39. The second kappa shape index (κ2) is 9.18. The number of benzene rings is 2. The Morgan fingerprint density at radius 1 is 1.08 bits per heavy atom. The molecule has 2 aromatic carbocycles. The van der Waals surface area contributed by atoms with E-state index in [2.05, 4.69) is 13.8 Å². The number of rotatable bonds is 8. The maximum Gasteiger partial charge on any atom is 0.339 e. The van der Waals surface area contributed by atoms with Crippen molar-refractivity contribution in [3.63, 3.8) is 0 Å². The van der Waals surface area contributed by atoms with Gasteiger partial charge in [-0.15, -0.1) is 0 Å². The van der Waals surface area contributed by atoms with E-state index in [-0.39, 0.29) is 17.7 Å². The number of carbonyl (C=O) groups is 2. The number of ether oxygens (including phenoxy) is 1. The normalized spacial score (nSPS) is 10.8. The summed E-state index contributed by atoms with van der Waals surface area (Å²) < 4.78 is 5.47. The highest BCUT2D eigenvalue weighted by Crippen LogP contribution is 2.34. The van der Waals surface area contributed by atoms with E-state index in [9.17, 15) is 14.7 Å². The molecule has 4 nitrogen and oxygen atoms in total. The van der Waals surface area contributed by atoms with Gasteiger partial charge in [-0.1, -0.05) is 63.6 Å². The van der Waals surface area contributed by atoms with Crippen molar-refractivity contribution in [1.82, 2.24) is 0 Å². The summed E-state index contributed by atoms with van der Waals surface area (Å²) in [6, 6.07) is 12.9. The van der Waals surface area contributed by atoms with Crippen LogP contribution < -0.4 is 4.74 Å². The SMILES string of the molecule is CCCCC(=O)Oc1c(C(=O)O)cccc1-c1ccc(CC(C)C)cc1. The predicted molar refractivity (Wildman–Crippen MR) is 103 cm³/mol. The zero-order chi connectivity index (χ0) is 19.1. The first-order valence-corrected chi connectivity index (χ1v) is 9.08. The number of esters is 1. The van der Waals surface area contributed by atoms with Gasteiger partial charge in [0.2, 0.25) is 0 Å². The van der Waals surface area contributed by atoms with Gasteiger partial charge in [-0.25, -0.2) is 4.79 Å². The van der Waals surface area contributed by atoms with Crippen LogP contribution in [0.4, 0.5) is 0 Å². The Bertz CT molecular complexity index is 760. The van der Waals surface area contributed by atoms with Gasteiger partial charge < -0.3 is 9.84 Å². The zero-order valence-corrected chi connectivity index (χ0v) is 15.6. The molecule has 138 valence electrons. The van der Waals surface area contributed by atoms with Gasteiger partial charge in [-0.3, -0.25) is 4.79 Å². The summed E-state index contributed by atoms with van der Waals surface area (Å²) >= 11 is 0. The summed E-state index contributed by atoms with van der Waals surface area (Å²) in [5, 5.41) is 9.48. The number of para-hydroxylation sites is 1. The number of carboxylic acids is 1. The van der Waals surface area contributed by atoms with Gasteiger partial charge in [0.15, 0.2) is 5.75 Å². The van der Waals surface area contributed by atoms with E-state index in [1.165, 1.54) is 11.6 Å². The average molecular weight is 354 g/mol. The lowest BCUT2D eigenvalue weighted by Gasteiger charge is -2.14. The lowest BCUT2D eigenvalue weighted by molar-refractivity contribution is -0.134. The summed E-state index contributed by atoms with van der Waals surface area (Å²) in [5.41, 5.74) is 2.67. The summed E-state index contributed by atoms with van der Waals surface area (Å²) in [7, 11) is 0. The van der Waals surface area contributed by atoms with Crippen molar-refractivity contribution in [2.75, 3.05) is 0 Å². The van der Waals surface area contributed by atoms with Crippen molar-refractivity contribution < 1.29 is 19.4 Å². The standard InChI is InChI=1S/C22H26O4/c1-4-5-9-20(23)26-21-18(7-6-8-19(21)22(24)25)17-12-10-16(11-13-17)14-15(2)3/h6-8,10-13,15H,4-5,9,14H2,1-3H3,(H,24,25). The number of hydrogen-bond donors (Lipinski definition) is 1. The summed E-state index contributed by atoms with van der Waals surface area (Å²) in [6.07, 6.45) is 2.85. The molecule has 0 saturated carbocycles. The molecule has 0 aliphatic rings. The third-order valence-electron chi connectivity index (χ3n) is 4.10. The second-order valence-corrected chi connectivity index (χ2v) is 6.86. The first-order valence-electron chi connectivity index (χ1n) is 9.08. The molecule has 0 aliphatic carbocycles. The molecule has 1 N–H and O–H groups in total. The van der Waals surface area contributed by atoms with E-state index < -0.39 is 11.9 Å². The van der Waals surface area contributed by atoms with Crippen LogP contribution in [-0.4, -0.2) is 17.0 Å². The van der Waals surface area contributed by atoms with E-state index >= 15 is 0 Å². The fraction of sp³-hybridized carbons (Fsp3) is 0.364. The molecule has 2 rings (SSSR count). The van der Waals surface area contributed by atoms with E-state index in [4.69, 9.17) is 4.74 Å². The Morgan fingerprint density at radius 3 is 2.35 bits per heavy atom. The van der Waals surface area contributed by atoms with Gasteiger partial charge in [0.25, 0.3) is 0 Å². The number of hydrogen-bond acceptors (Lipinski definition) is 3. The number of carboxylic acid groups (broad SMARTS) is 1. The van der Waals surface area contributed by atoms with Crippen molar-refractivity contribution in [3.05, 3.63) is 53.6 Å². The molecule has 0 aromatic heterocycles. The van der Waals surface area contributed by atoms with Gasteiger partial charge in [0.1, 0.15) is 5.56 Å². The summed E-state index contributed by atoms with van der Waals surface area (Å²) in [5.74, 6) is -0.830. The van der Waals surface area contributed by atoms with Crippen molar-refractivity contribution in [3.8, 4) is 16.9 Å². The van der Waals surface area contributed by atoms with Crippen LogP contribution >= 0.6 is 0 Å². The molecular formula is C22H26O4. The first kappa shape index (κ1) is 19.7. The van der Waals surface area contributed by atoms with Crippen LogP contribution in [0, 0.1) is 5.92 Å². The average Bonchev–Trinajstić information content (AvgIpc) is 2.60. The maximum absolute atomic E-state index is 12.1. The molecule has 0 aliphatic heterocycles. The largest absolute Gasteiger partial charge is 0.478 e. The lowest BCUT2D eigenvalue weighted by Crippen LogP contribution is -2.12. The Hall–Kier alpha value is -2.62. The Kier molecular flexibility index (Phi) is 6.96. The molecule has 4 heteroatoms. The molecule has 0 amide bonds. The molecule has 2 aromatic rings. The quantitative estimate of drug-likeness (QED) is 0.513. The predicted octanol–water partition coefficient (Wildman–Crippen LogP) is 5.35. The van der Waals surface area contributed by atoms with Crippen molar-refractivity contribution in [2.24, 2.45) is 5.92 Å². The minimum absolute atomic E-state index is 0.00129. The minimum Gasteiger partial charge on any atom is -0.478 e. The first-order chi connectivity index (χ1) is 12.4. The third-order valence-corrected chi connectivity index (χ3v) is 4.10. The highest BCUT2D eigenvalue weighted by Gasteiger charge is 2.19. The van der Waals surface area contributed by atoms with Crippen LogP contribution in [0.2, 0.25) is 0 Å². The van der Waals surface area contributed by atoms with Crippen LogP contribution in [-0.2, 0) is 11.2 Å². The van der Waals surface area contributed by atoms with Crippen LogP contribution in [0.25, 0.3) is 11.1 Å². The van der Waals surface area contributed by atoms with Gasteiger partial charge >= 0.3 is 11.9 Å². The van der Waals surface area contributed by atoms with Gasteiger partial charge in [-0.05, 0) is 36.0 Å². The van der Waals surface area contributed by atoms with Gasteiger partial charge in [-0.2, -0.15) is 0 Å². The topological polar surface area (TPSA) is 63.6 Å². The van der Waals surface area contributed by atoms with E-state index in [0.29, 0.717) is 17.9 Å². The zero-order valence-electron chi connectivity index (χ0n) is 15.6. The van der Waals surface area contributed by atoms with E-state index in [1.54, 1.807) is 12.1 Å². The van der Waals surface area contributed by atoms with Crippen molar-refractivity contribution >= 4 is 11.9 Å². The van der Waals surface area contributed by atoms with E-state index in [0.717, 1.165) is 18.4 Å². The molecule has 0 bridgehead atoms. The molecule has 0 radical (unpaired) electrons. The Morgan fingerprint density at radius 2 is 1.77 bits per heavy atom. The lowest BCUT2D eigenvalue weighted by atomic mass is 9.97. The number of aromatic carboxylic acids is 1. The smallest absolute Gasteiger partial charge is 0.339 e. The minimum atomic E-state index is -1.11. The van der Waals surface area contributed by atoms with Crippen molar-refractivity contribution in [2.45, 2.75) is 46.5 Å². The maximum atomic E-state index is 12.1.